The van der Waals surface area contributed by atoms with Gasteiger partial charge in [-0.15, -0.1) is 5.10 Å². The number of allylic oxidation sites excluding steroid dienone is 1. The highest BCUT2D eigenvalue weighted by Crippen LogP contribution is 2.37. The lowest BCUT2D eigenvalue weighted by molar-refractivity contribution is -0.113. The van der Waals surface area contributed by atoms with E-state index in [0.29, 0.717) is 23.3 Å². The number of carbonyl (C=O) groups is 1. The second kappa shape index (κ2) is 10.3. The van der Waals surface area contributed by atoms with Gasteiger partial charge in [-0.25, -0.2) is 4.68 Å². The smallest absolute Gasteiger partial charge is 0.255 e. The van der Waals surface area contributed by atoms with Gasteiger partial charge in [0.15, 0.2) is 0 Å². The molecule has 1 aliphatic rings. The number of aromatic nitrogens is 3. The van der Waals surface area contributed by atoms with Gasteiger partial charge in [0, 0.05) is 17.1 Å². The van der Waals surface area contributed by atoms with Gasteiger partial charge in [-0.2, -0.15) is 4.98 Å². The van der Waals surface area contributed by atoms with Gasteiger partial charge in [-0.1, -0.05) is 48.5 Å². The Hall–Kier alpha value is -3.26. The summed E-state index contributed by atoms with van der Waals surface area (Å²) in [5, 5.41) is 11.9. The largest absolute Gasteiger partial charge is 0.494 e. The third-order valence-electron chi connectivity index (χ3n) is 5.65. The lowest BCUT2D eigenvalue weighted by Gasteiger charge is -2.29. The standard InChI is InChI=1S/C26H31N5O2S/c1-6-14-34-26-29-25-27-18(5)22(24(32)28-21-13-8-16(3)15-17(21)4)23(31(25)30-26)19-9-11-20(12-10-19)33-7-2/h8-13,15,23H,6-7,14H2,1-5H3,(H,28,32)(H,27,29,30). The molecule has 7 nitrogen and oxygen atoms in total. The highest BCUT2D eigenvalue weighted by Gasteiger charge is 2.34. The van der Waals surface area contributed by atoms with Crippen LogP contribution in [0.1, 0.15) is 49.9 Å². The molecule has 4 rings (SSSR count). The molecule has 1 amide bonds. The average Bonchev–Trinajstić information content (AvgIpc) is 3.21. The van der Waals surface area contributed by atoms with E-state index in [1.807, 2.05) is 68.8 Å². The Kier molecular flexibility index (Phi) is 7.26. The predicted molar refractivity (Wildman–Crippen MR) is 138 cm³/mol. The van der Waals surface area contributed by atoms with Crippen molar-refractivity contribution in [2.24, 2.45) is 0 Å². The molecule has 34 heavy (non-hydrogen) atoms. The number of nitrogens with zero attached hydrogens (tertiary/aromatic N) is 3. The fourth-order valence-electron chi connectivity index (χ4n) is 4.04. The van der Waals surface area contributed by atoms with Crippen molar-refractivity contribution in [3.63, 3.8) is 0 Å². The van der Waals surface area contributed by atoms with Gasteiger partial charge in [-0.05, 0) is 63.4 Å². The molecule has 178 valence electrons. The van der Waals surface area contributed by atoms with E-state index >= 15 is 0 Å². The molecule has 0 bridgehead atoms. The maximum Gasteiger partial charge on any atom is 0.255 e. The number of rotatable bonds is 8. The molecule has 1 aliphatic heterocycles. The topological polar surface area (TPSA) is 81.1 Å². The summed E-state index contributed by atoms with van der Waals surface area (Å²) in [7, 11) is 0. The first-order valence-corrected chi connectivity index (χ1v) is 12.6. The third kappa shape index (κ3) is 4.97. The van der Waals surface area contributed by atoms with Crippen LogP contribution in [0.5, 0.6) is 5.75 Å². The first-order valence-electron chi connectivity index (χ1n) is 11.6. The van der Waals surface area contributed by atoms with Crippen LogP contribution < -0.4 is 15.4 Å². The Morgan fingerprint density at radius 2 is 1.91 bits per heavy atom. The SMILES string of the molecule is CCCSc1nc2n(n1)C(c1ccc(OCC)cc1)C(C(=O)Nc1ccc(C)cc1C)=C(C)N2. The van der Waals surface area contributed by atoms with Crippen molar-refractivity contribution in [3.05, 3.63) is 70.4 Å². The second-order valence-electron chi connectivity index (χ2n) is 8.35. The van der Waals surface area contributed by atoms with E-state index in [2.05, 4.69) is 28.6 Å². The summed E-state index contributed by atoms with van der Waals surface area (Å²) in [6.45, 7) is 10.6. The van der Waals surface area contributed by atoms with Crippen LogP contribution in [0.3, 0.4) is 0 Å². The fourth-order valence-corrected chi connectivity index (χ4v) is 4.73. The van der Waals surface area contributed by atoms with Crippen LogP contribution in [0.25, 0.3) is 0 Å². The van der Waals surface area contributed by atoms with Gasteiger partial charge in [0.25, 0.3) is 5.91 Å². The fraction of sp³-hybridized carbons (Fsp3) is 0.346. The van der Waals surface area contributed by atoms with E-state index < -0.39 is 6.04 Å². The number of fused-ring (bicyclic) bond motifs is 1. The molecular formula is C26H31N5O2S. The minimum absolute atomic E-state index is 0.167. The molecule has 2 aromatic carbocycles. The summed E-state index contributed by atoms with van der Waals surface area (Å²) < 4.78 is 7.44. The number of nitrogens with one attached hydrogen (secondary N) is 2. The Morgan fingerprint density at radius 1 is 1.15 bits per heavy atom. The molecule has 0 radical (unpaired) electrons. The molecule has 0 saturated heterocycles. The Morgan fingerprint density at radius 3 is 2.59 bits per heavy atom. The van der Waals surface area contributed by atoms with Crippen molar-refractivity contribution < 1.29 is 9.53 Å². The highest BCUT2D eigenvalue weighted by atomic mass is 32.2. The van der Waals surface area contributed by atoms with Crippen LogP contribution in [-0.2, 0) is 4.79 Å². The monoisotopic (exact) mass is 477 g/mol. The summed E-state index contributed by atoms with van der Waals surface area (Å²) >= 11 is 1.61. The molecule has 0 aliphatic carbocycles. The number of hydrogen-bond acceptors (Lipinski definition) is 6. The first-order chi connectivity index (χ1) is 16.4. The average molecular weight is 478 g/mol. The van der Waals surface area contributed by atoms with Gasteiger partial charge < -0.3 is 15.4 Å². The van der Waals surface area contributed by atoms with Gasteiger partial charge in [0.2, 0.25) is 11.1 Å². The lowest BCUT2D eigenvalue weighted by atomic mass is 9.94. The number of ether oxygens (including phenoxy) is 1. The molecule has 2 heterocycles. The maximum absolute atomic E-state index is 13.7. The summed E-state index contributed by atoms with van der Waals surface area (Å²) in [6, 6.07) is 13.4. The van der Waals surface area contributed by atoms with Crippen molar-refractivity contribution in [3.8, 4) is 5.75 Å². The number of hydrogen-bond donors (Lipinski definition) is 2. The summed E-state index contributed by atoms with van der Waals surface area (Å²) in [5.41, 5.74) is 5.27. The molecule has 1 aromatic heterocycles. The maximum atomic E-state index is 13.7. The summed E-state index contributed by atoms with van der Waals surface area (Å²) in [5.74, 6) is 2.20. The lowest BCUT2D eigenvalue weighted by Crippen LogP contribution is -2.31. The first kappa shape index (κ1) is 23.9. The Balaban J connectivity index is 1.74. The summed E-state index contributed by atoms with van der Waals surface area (Å²) in [6.07, 6.45) is 1.03. The van der Waals surface area contributed by atoms with E-state index in [0.717, 1.165) is 46.0 Å². The minimum Gasteiger partial charge on any atom is -0.494 e. The predicted octanol–water partition coefficient (Wildman–Crippen LogP) is 5.72. The number of benzene rings is 2. The highest BCUT2D eigenvalue weighted by molar-refractivity contribution is 7.99. The van der Waals surface area contributed by atoms with E-state index in [9.17, 15) is 4.79 Å². The van der Waals surface area contributed by atoms with Gasteiger partial charge in [-0.3, -0.25) is 4.79 Å². The molecule has 0 fully saturated rings. The Bertz CT molecular complexity index is 1220. The van der Waals surface area contributed by atoms with Crippen molar-refractivity contribution in [2.45, 2.75) is 52.2 Å². The molecule has 0 spiro atoms. The molecule has 8 heteroatoms. The van der Waals surface area contributed by atoms with Crippen LogP contribution in [-0.4, -0.2) is 33.0 Å². The van der Waals surface area contributed by atoms with Crippen LogP contribution in [0.2, 0.25) is 0 Å². The molecule has 0 saturated carbocycles. The van der Waals surface area contributed by atoms with Gasteiger partial charge >= 0.3 is 0 Å². The van der Waals surface area contributed by atoms with E-state index in [1.165, 1.54) is 0 Å². The van der Waals surface area contributed by atoms with E-state index in [1.54, 1.807) is 11.8 Å². The quantitative estimate of drug-likeness (QED) is 0.404. The van der Waals surface area contributed by atoms with E-state index in [-0.39, 0.29) is 5.91 Å². The molecular weight excluding hydrogens is 446 g/mol. The number of thioether (sulfide) groups is 1. The van der Waals surface area contributed by atoms with Crippen molar-refractivity contribution in [1.29, 1.82) is 0 Å². The number of amides is 1. The van der Waals surface area contributed by atoms with Crippen LogP contribution >= 0.6 is 11.8 Å². The number of aryl methyl sites for hydroxylation is 2. The van der Waals surface area contributed by atoms with Crippen molar-refractivity contribution in [2.75, 3.05) is 23.0 Å². The molecule has 2 N–H and O–H groups in total. The van der Waals surface area contributed by atoms with Gasteiger partial charge in [0.05, 0.1) is 12.2 Å². The molecule has 1 atom stereocenters. The number of anilines is 2. The van der Waals surface area contributed by atoms with Crippen LogP contribution in [0, 0.1) is 13.8 Å². The third-order valence-corrected chi connectivity index (χ3v) is 6.69. The van der Waals surface area contributed by atoms with E-state index in [4.69, 9.17) is 9.84 Å². The zero-order chi connectivity index (χ0) is 24.2. The molecule has 1 unspecified atom stereocenters. The minimum atomic E-state index is -0.416. The van der Waals surface area contributed by atoms with Crippen molar-refractivity contribution >= 4 is 29.3 Å². The molecule has 3 aromatic rings. The second-order valence-corrected chi connectivity index (χ2v) is 9.41. The normalized spacial score (nSPS) is 15.0. The van der Waals surface area contributed by atoms with Crippen molar-refractivity contribution in [1.82, 2.24) is 14.8 Å². The zero-order valence-electron chi connectivity index (χ0n) is 20.3. The van der Waals surface area contributed by atoms with Crippen LogP contribution in [0.15, 0.2) is 58.9 Å². The zero-order valence-corrected chi connectivity index (χ0v) is 21.1. The summed E-state index contributed by atoms with van der Waals surface area (Å²) in [4.78, 5) is 18.3. The Labute approximate surface area is 205 Å². The number of carbonyl (C=O) groups excluding carboxylic acids is 1. The van der Waals surface area contributed by atoms with Crippen LogP contribution in [0.4, 0.5) is 11.6 Å². The van der Waals surface area contributed by atoms with Gasteiger partial charge in [0.1, 0.15) is 11.8 Å².